The van der Waals surface area contributed by atoms with Gasteiger partial charge in [0.15, 0.2) is 0 Å². The van der Waals surface area contributed by atoms with Crippen molar-refractivity contribution in [2.45, 2.75) is 6.92 Å². The summed E-state index contributed by atoms with van der Waals surface area (Å²) >= 11 is 0. The van der Waals surface area contributed by atoms with Crippen LogP contribution in [0, 0.1) is 0 Å². The van der Waals surface area contributed by atoms with E-state index in [0.29, 0.717) is 24.4 Å². The highest BCUT2D eigenvalue weighted by atomic mass is 16.5. The van der Waals surface area contributed by atoms with Gasteiger partial charge in [0.05, 0.1) is 13.2 Å². The second-order valence-electron chi connectivity index (χ2n) is 4.78. The summed E-state index contributed by atoms with van der Waals surface area (Å²) in [4.78, 5) is 35.2. The largest absolute Gasteiger partial charge is 0.478 e. The maximum atomic E-state index is 12.0. The van der Waals surface area contributed by atoms with Gasteiger partial charge in [-0.3, -0.25) is 9.59 Å². The number of carbonyl (C=O) groups is 3. The van der Waals surface area contributed by atoms with Gasteiger partial charge in [0.25, 0.3) is 0 Å². The van der Waals surface area contributed by atoms with Crippen LogP contribution in [-0.2, 0) is 19.1 Å². The Bertz CT molecular complexity index is 581. The molecule has 23 heavy (non-hydrogen) atoms. The molecule has 0 aliphatic carbocycles. The molecule has 0 saturated carbocycles. The van der Waals surface area contributed by atoms with Gasteiger partial charge in [-0.2, -0.15) is 0 Å². The number of aliphatic carboxylic acids is 1. The Labute approximate surface area is 134 Å². The number of methoxy groups -OCH3 is 1. The number of carboxylic acids is 1. The zero-order valence-electron chi connectivity index (χ0n) is 13.1. The molecule has 0 atom stereocenters. The van der Waals surface area contributed by atoms with E-state index < -0.39 is 5.97 Å². The Morgan fingerprint density at radius 2 is 1.91 bits per heavy atom. The number of rotatable bonds is 8. The molecule has 1 aromatic carbocycles. The first-order chi connectivity index (χ1) is 10.9. The summed E-state index contributed by atoms with van der Waals surface area (Å²) in [7, 11) is 1.53. The SMILES string of the molecule is COCCN(CC(=O)Nc1ccc(/C=C/C(=O)O)cc1)C(C)=O. The third-order valence-electron chi connectivity index (χ3n) is 2.96. The summed E-state index contributed by atoms with van der Waals surface area (Å²) in [6.45, 7) is 2.04. The lowest BCUT2D eigenvalue weighted by Gasteiger charge is -2.20. The Balaban J connectivity index is 2.59. The summed E-state index contributed by atoms with van der Waals surface area (Å²) < 4.78 is 4.90. The number of nitrogens with one attached hydrogen (secondary N) is 1. The van der Waals surface area contributed by atoms with Crippen LogP contribution in [0.3, 0.4) is 0 Å². The van der Waals surface area contributed by atoms with E-state index in [0.717, 1.165) is 6.08 Å². The zero-order chi connectivity index (χ0) is 17.2. The van der Waals surface area contributed by atoms with E-state index in [1.165, 1.54) is 25.0 Å². The predicted octanol–water partition coefficient (Wildman–Crippen LogP) is 1.22. The predicted molar refractivity (Wildman–Crippen MR) is 85.9 cm³/mol. The molecule has 7 nitrogen and oxygen atoms in total. The fraction of sp³-hybridized carbons (Fsp3) is 0.312. The minimum absolute atomic E-state index is 0.0562. The fourth-order valence-electron chi connectivity index (χ4n) is 1.77. The van der Waals surface area contributed by atoms with Crippen molar-refractivity contribution in [1.29, 1.82) is 0 Å². The molecule has 124 valence electrons. The van der Waals surface area contributed by atoms with Crippen molar-refractivity contribution in [3.05, 3.63) is 35.9 Å². The van der Waals surface area contributed by atoms with Gasteiger partial charge >= 0.3 is 5.97 Å². The van der Waals surface area contributed by atoms with Crippen molar-refractivity contribution in [1.82, 2.24) is 4.90 Å². The third-order valence-corrected chi connectivity index (χ3v) is 2.96. The van der Waals surface area contributed by atoms with Gasteiger partial charge in [-0.15, -0.1) is 0 Å². The van der Waals surface area contributed by atoms with Crippen LogP contribution in [0.25, 0.3) is 6.08 Å². The lowest BCUT2D eigenvalue weighted by Crippen LogP contribution is -2.38. The highest BCUT2D eigenvalue weighted by Crippen LogP contribution is 2.11. The third kappa shape index (κ3) is 7.23. The van der Waals surface area contributed by atoms with Gasteiger partial charge in [0.2, 0.25) is 11.8 Å². The van der Waals surface area contributed by atoms with Crippen LogP contribution < -0.4 is 5.32 Å². The number of anilines is 1. The number of hydrogen-bond acceptors (Lipinski definition) is 4. The molecule has 0 saturated heterocycles. The first-order valence-corrected chi connectivity index (χ1v) is 6.97. The van der Waals surface area contributed by atoms with E-state index in [1.54, 1.807) is 24.3 Å². The van der Waals surface area contributed by atoms with Crippen LogP contribution in [0.1, 0.15) is 12.5 Å². The molecule has 0 unspecified atom stereocenters. The molecule has 2 amide bonds. The van der Waals surface area contributed by atoms with Crippen molar-refractivity contribution in [2.75, 3.05) is 32.1 Å². The zero-order valence-corrected chi connectivity index (χ0v) is 13.1. The van der Waals surface area contributed by atoms with E-state index >= 15 is 0 Å². The summed E-state index contributed by atoms with van der Waals surface area (Å²) in [5, 5.41) is 11.2. The summed E-state index contributed by atoms with van der Waals surface area (Å²) in [6, 6.07) is 6.69. The van der Waals surface area contributed by atoms with Gasteiger partial charge in [0.1, 0.15) is 0 Å². The number of carboxylic acid groups (broad SMARTS) is 1. The maximum Gasteiger partial charge on any atom is 0.328 e. The van der Waals surface area contributed by atoms with Crippen LogP contribution in [0.2, 0.25) is 0 Å². The van der Waals surface area contributed by atoms with Crippen LogP contribution in [0.15, 0.2) is 30.3 Å². The van der Waals surface area contributed by atoms with E-state index in [9.17, 15) is 14.4 Å². The number of amides is 2. The first-order valence-electron chi connectivity index (χ1n) is 6.97. The number of carbonyl (C=O) groups excluding carboxylic acids is 2. The van der Waals surface area contributed by atoms with Crippen LogP contribution in [0.4, 0.5) is 5.69 Å². The fourth-order valence-corrected chi connectivity index (χ4v) is 1.77. The maximum absolute atomic E-state index is 12.0. The highest BCUT2D eigenvalue weighted by molar-refractivity contribution is 5.94. The Morgan fingerprint density at radius 1 is 1.26 bits per heavy atom. The molecule has 2 N–H and O–H groups in total. The average molecular weight is 320 g/mol. The van der Waals surface area contributed by atoms with E-state index in [1.807, 2.05) is 0 Å². The molecule has 0 aliphatic rings. The molecule has 0 spiro atoms. The minimum Gasteiger partial charge on any atom is -0.478 e. The van der Waals surface area contributed by atoms with E-state index in [4.69, 9.17) is 9.84 Å². The Hall–Kier alpha value is -2.67. The molecular weight excluding hydrogens is 300 g/mol. The summed E-state index contributed by atoms with van der Waals surface area (Å²) in [5.41, 5.74) is 1.27. The van der Waals surface area contributed by atoms with Gasteiger partial charge in [-0.1, -0.05) is 12.1 Å². The first kappa shape index (κ1) is 18.4. The quantitative estimate of drug-likeness (QED) is 0.702. The van der Waals surface area contributed by atoms with Gasteiger partial charge in [0, 0.05) is 32.3 Å². The lowest BCUT2D eigenvalue weighted by molar-refractivity contribution is -0.133. The van der Waals surface area contributed by atoms with Crippen LogP contribution in [-0.4, -0.2) is 54.6 Å². The summed E-state index contributed by atoms with van der Waals surface area (Å²) in [6.07, 6.45) is 2.49. The smallest absolute Gasteiger partial charge is 0.328 e. The molecule has 0 aliphatic heterocycles. The minimum atomic E-state index is -1.03. The second-order valence-corrected chi connectivity index (χ2v) is 4.78. The Kier molecular flexibility index (Phi) is 7.49. The van der Waals surface area contributed by atoms with Crippen molar-refractivity contribution < 1.29 is 24.2 Å². The lowest BCUT2D eigenvalue weighted by atomic mass is 10.2. The van der Waals surface area contributed by atoms with Crippen molar-refractivity contribution in [3.8, 4) is 0 Å². The number of nitrogens with zero attached hydrogens (tertiary/aromatic N) is 1. The molecule has 1 aromatic rings. The normalized spacial score (nSPS) is 10.5. The topological polar surface area (TPSA) is 95.9 Å². The molecule has 1 rings (SSSR count). The molecule has 0 fully saturated rings. The number of hydrogen-bond donors (Lipinski definition) is 2. The van der Waals surface area contributed by atoms with Crippen LogP contribution >= 0.6 is 0 Å². The van der Waals surface area contributed by atoms with E-state index in [2.05, 4.69) is 5.32 Å². The number of ether oxygens (including phenoxy) is 1. The van der Waals surface area contributed by atoms with Gasteiger partial charge < -0.3 is 20.1 Å². The number of benzene rings is 1. The van der Waals surface area contributed by atoms with Crippen molar-refractivity contribution >= 4 is 29.5 Å². The van der Waals surface area contributed by atoms with Gasteiger partial charge in [-0.25, -0.2) is 4.79 Å². The highest BCUT2D eigenvalue weighted by Gasteiger charge is 2.13. The Morgan fingerprint density at radius 3 is 2.43 bits per heavy atom. The molecule has 0 heterocycles. The van der Waals surface area contributed by atoms with Gasteiger partial charge in [-0.05, 0) is 23.8 Å². The average Bonchev–Trinajstić information content (AvgIpc) is 2.50. The monoisotopic (exact) mass is 320 g/mol. The van der Waals surface area contributed by atoms with E-state index in [-0.39, 0.29) is 18.4 Å². The second kappa shape index (κ2) is 9.37. The molecular formula is C16H20N2O5. The molecule has 0 aromatic heterocycles. The standard InChI is InChI=1S/C16H20N2O5/c1-12(19)18(9-10-23-2)11-15(20)17-14-6-3-13(4-7-14)5-8-16(21)22/h3-8H,9-11H2,1-2H3,(H,17,20)(H,21,22)/b8-5+. The molecule has 7 heteroatoms. The van der Waals surface area contributed by atoms with Crippen molar-refractivity contribution in [2.24, 2.45) is 0 Å². The molecule has 0 bridgehead atoms. The van der Waals surface area contributed by atoms with Crippen LogP contribution in [0.5, 0.6) is 0 Å². The summed E-state index contributed by atoms with van der Waals surface area (Å²) in [5.74, 6) is -1.54. The molecule has 0 radical (unpaired) electrons. The van der Waals surface area contributed by atoms with Crippen molar-refractivity contribution in [3.63, 3.8) is 0 Å².